The summed E-state index contributed by atoms with van der Waals surface area (Å²) in [4.78, 5) is 35.1. The van der Waals surface area contributed by atoms with E-state index in [1.807, 2.05) is 0 Å². The predicted molar refractivity (Wildman–Crippen MR) is 76.4 cm³/mol. The highest BCUT2D eigenvalue weighted by molar-refractivity contribution is 6.07. The van der Waals surface area contributed by atoms with E-state index in [2.05, 4.69) is 10.6 Å². The fourth-order valence-electron chi connectivity index (χ4n) is 2.13. The molecule has 0 radical (unpaired) electrons. The second-order valence-corrected chi connectivity index (χ2v) is 5.28. The van der Waals surface area contributed by atoms with Crippen molar-refractivity contribution in [3.05, 3.63) is 34.4 Å². The molecule has 6 heteroatoms. The lowest BCUT2D eigenvalue weighted by molar-refractivity contribution is -0.120. The Hall–Kier alpha value is -2.37. The highest BCUT2D eigenvalue weighted by atomic mass is 16.4. The van der Waals surface area contributed by atoms with E-state index in [-0.39, 0.29) is 29.6 Å². The van der Waals surface area contributed by atoms with Crippen molar-refractivity contribution in [2.75, 3.05) is 6.54 Å². The number of carboxylic acid groups (broad SMARTS) is 1. The molecule has 0 heterocycles. The quantitative estimate of drug-likeness (QED) is 0.754. The van der Waals surface area contributed by atoms with Crippen molar-refractivity contribution in [2.24, 2.45) is 0 Å². The molecule has 1 aromatic carbocycles. The SMILES string of the molecule is Cc1ccc(C)c(C(=O)NCC(=O)NC2CC2)c1C(=O)O. The van der Waals surface area contributed by atoms with Crippen LogP contribution in [0.1, 0.15) is 44.7 Å². The van der Waals surface area contributed by atoms with Gasteiger partial charge in [-0.15, -0.1) is 0 Å². The molecule has 0 spiro atoms. The van der Waals surface area contributed by atoms with Gasteiger partial charge in [0.05, 0.1) is 17.7 Å². The average Bonchev–Trinajstić information content (AvgIpc) is 3.21. The summed E-state index contributed by atoms with van der Waals surface area (Å²) >= 11 is 0. The molecule has 0 unspecified atom stereocenters. The Labute approximate surface area is 122 Å². The van der Waals surface area contributed by atoms with Gasteiger partial charge in [-0.2, -0.15) is 0 Å². The summed E-state index contributed by atoms with van der Waals surface area (Å²) in [7, 11) is 0. The molecule has 0 saturated heterocycles. The summed E-state index contributed by atoms with van der Waals surface area (Å²) in [5.74, 6) is -1.95. The molecule has 1 saturated carbocycles. The van der Waals surface area contributed by atoms with Gasteiger partial charge in [-0.3, -0.25) is 9.59 Å². The molecule has 0 atom stereocenters. The molecule has 0 aliphatic heterocycles. The van der Waals surface area contributed by atoms with Crippen molar-refractivity contribution in [3.63, 3.8) is 0 Å². The van der Waals surface area contributed by atoms with Gasteiger partial charge in [0, 0.05) is 6.04 Å². The molecule has 2 amide bonds. The molecule has 0 bridgehead atoms. The molecule has 1 aromatic rings. The zero-order valence-corrected chi connectivity index (χ0v) is 12.0. The van der Waals surface area contributed by atoms with Gasteiger partial charge >= 0.3 is 5.97 Å². The summed E-state index contributed by atoms with van der Waals surface area (Å²) in [5.41, 5.74) is 1.18. The molecule has 2 rings (SSSR count). The zero-order chi connectivity index (χ0) is 15.6. The second-order valence-electron chi connectivity index (χ2n) is 5.28. The molecular weight excluding hydrogens is 272 g/mol. The van der Waals surface area contributed by atoms with Crippen LogP contribution in [0.3, 0.4) is 0 Å². The Morgan fingerprint density at radius 3 is 2.24 bits per heavy atom. The number of carboxylic acids is 1. The normalized spacial score (nSPS) is 13.6. The van der Waals surface area contributed by atoms with Crippen LogP contribution in [0, 0.1) is 13.8 Å². The molecule has 1 aliphatic carbocycles. The maximum Gasteiger partial charge on any atom is 0.336 e. The fraction of sp³-hybridized carbons (Fsp3) is 0.400. The van der Waals surface area contributed by atoms with Crippen molar-refractivity contribution in [1.82, 2.24) is 10.6 Å². The van der Waals surface area contributed by atoms with Crippen LogP contribution >= 0.6 is 0 Å². The molecular formula is C15H18N2O4. The van der Waals surface area contributed by atoms with E-state index in [4.69, 9.17) is 0 Å². The Morgan fingerprint density at radius 2 is 1.71 bits per heavy atom. The largest absolute Gasteiger partial charge is 0.478 e. The molecule has 1 fully saturated rings. The Bertz CT molecular complexity index is 606. The van der Waals surface area contributed by atoms with E-state index in [9.17, 15) is 19.5 Å². The number of carbonyl (C=O) groups excluding carboxylic acids is 2. The minimum Gasteiger partial charge on any atom is -0.478 e. The summed E-state index contributed by atoms with van der Waals surface area (Å²) in [6, 6.07) is 3.58. The summed E-state index contributed by atoms with van der Waals surface area (Å²) in [6.45, 7) is 3.16. The first-order chi connectivity index (χ1) is 9.90. The van der Waals surface area contributed by atoms with Gasteiger partial charge < -0.3 is 15.7 Å². The third kappa shape index (κ3) is 3.59. The maximum absolute atomic E-state index is 12.2. The third-order valence-electron chi connectivity index (χ3n) is 3.41. The second kappa shape index (κ2) is 5.95. The zero-order valence-electron chi connectivity index (χ0n) is 12.0. The number of amides is 2. The first kappa shape index (κ1) is 15.0. The van der Waals surface area contributed by atoms with Crippen LogP contribution < -0.4 is 10.6 Å². The van der Waals surface area contributed by atoms with Gasteiger partial charge in [0.2, 0.25) is 5.91 Å². The minimum absolute atomic E-state index is 0.0184. The lowest BCUT2D eigenvalue weighted by Crippen LogP contribution is -2.38. The highest BCUT2D eigenvalue weighted by Crippen LogP contribution is 2.19. The fourth-order valence-corrected chi connectivity index (χ4v) is 2.13. The van der Waals surface area contributed by atoms with Gasteiger partial charge in [-0.05, 0) is 37.8 Å². The van der Waals surface area contributed by atoms with Crippen molar-refractivity contribution in [1.29, 1.82) is 0 Å². The topological polar surface area (TPSA) is 95.5 Å². The first-order valence-corrected chi connectivity index (χ1v) is 6.81. The van der Waals surface area contributed by atoms with E-state index in [1.165, 1.54) is 0 Å². The predicted octanol–water partition coefficient (Wildman–Crippen LogP) is 1.01. The van der Waals surface area contributed by atoms with Crippen LogP contribution in [0.15, 0.2) is 12.1 Å². The van der Waals surface area contributed by atoms with Crippen molar-refractivity contribution < 1.29 is 19.5 Å². The number of benzene rings is 1. The number of hydrogen-bond donors (Lipinski definition) is 3. The first-order valence-electron chi connectivity index (χ1n) is 6.81. The smallest absolute Gasteiger partial charge is 0.336 e. The van der Waals surface area contributed by atoms with Crippen LogP contribution in [-0.4, -0.2) is 35.5 Å². The van der Waals surface area contributed by atoms with Crippen LogP contribution in [0.5, 0.6) is 0 Å². The number of aromatic carboxylic acids is 1. The number of carbonyl (C=O) groups is 3. The van der Waals surface area contributed by atoms with E-state index in [0.29, 0.717) is 11.1 Å². The summed E-state index contributed by atoms with van der Waals surface area (Å²) < 4.78 is 0. The number of hydrogen-bond acceptors (Lipinski definition) is 3. The van der Waals surface area contributed by atoms with Crippen molar-refractivity contribution in [3.8, 4) is 0 Å². The van der Waals surface area contributed by atoms with E-state index < -0.39 is 11.9 Å². The van der Waals surface area contributed by atoms with E-state index >= 15 is 0 Å². The maximum atomic E-state index is 12.2. The number of aryl methyl sites for hydroxylation is 2. The molecule has 0 aromatic heterocycles. The van der Waals surface area contributed by atoms with Crippen molar-refractivity contribution >= 4 is 17.8 Å². The molecule has 1 aliphatic rings. The Balaban J connectivity index is 2.12. The Kier molecular flexibility index (Phi) is 4.26. The lowest BCUT2D eigenvalue weighted by atomic mass is 9.96. The number of nitrogens with one attached hydrogen (secondary N) is 2. The van der Waals surface area contributed by atoms with Crippen LogP contribution in [-0.2, 0) is 4.79 Å². The van der Waals surface area contributed by atoms with Crippen LogP contribution in [0.2, 0.25) is 0 Å². The van der Waals surface area contributed by atoms with Gasteiger partial charge in [0.25, 0.3) is 5.91 Å². The average molecular weight is 290 g/mol. The third-order valence-corrected chi connectivity index (χ3v) is 3.41. The van der Waals surface area contributed by atoms with Crippen LogP contribution in [0.25, 0.3) is 0 Å². The number of rotatable bonds is 5. The van der Waals surface area contributed by atoms with Gasteiger partial charge in [0.1, 0.15) is 0 Å². The molecule has 6 nitrogen and oxygen atoms in total. The highest BCUT2D eigenvalue weighted by Gasteiger charge is 2.24. The Morgan fingerprint density at radius 1 is 1.14 bits per heavy atom. The van der Waals surface area contributed by atoms with E-state index in [1.54, 1.807) is 26.0 Å². The molecule has 21 heavy (non-hydrogen) atoms. The van der Waals surface area contributed by atoms with Crippen molar-refractivity contribution in [2.45, 2.75) is 32.7 Å². The summed E-state index contributed by atoms with van der Waals surface area (Å²) in [6.07, 6.45) is 1.94. The van der Waals surface area contributed by atoms with E-state index in [0.717, 1.165) is 12.8 Å². The monoisotopic (exact) mass is 290 g/mol. The summed E-state index contributed by atoms with van der Waals surface area (Å²) in [5, 5.41) is 14.5. The standard InChI is InChI=1S/C15H18N2O4/c1-8-3-4-9(2)13(15(20)21)12(8)14(19)16-7-11(18)17-10-5-6-10/h3-4,10H,5-7H2,1-2H3,(H,16,19)(H,17,18)(H,20,21). The lowest BCUT2D eigenvalue weighted by Gasteiger charge is -2.12. The van der Waals surface area contributed by atoms with Gasteiger partial charge in [-0.1, -0.05) is 12.1 Å². The molecule has 3 N–H and O–H groups in total. The minimum atomic E-state index is -1.15. The molecule has 112 valence electrons. The van der Waals surface area contributed by atoms with Crippen LogP contribution in [0.4, 0.5) is 0 Å². The van der Waals surface area contributed by atoms with Gasteiger partial charge in [0.15, 0.2) is 0 Å². The van der Waals surface area contributed by atoms with Gasteiger partial charge in [-0.25, -0.2) is 4.79 Å².